The molecular weight excluding hydrogens is 346 g/mol. The molecule has 3 aromatic rings. The molecule has 0 unspecified atom stereocenters. The van der Waals surface area contributed by atoms with E-state index >= 15 is 0 Å². The number of hydrogen-bond donors (Lipinski definition) is 0. The van der Waals surface area contributed by atoms with Gasteiger partial charge in [0.1, 0.15) is 5.82 Å². The van der Waals surface area contributed by atoms with Crippen LogP contribution in [0.4, 0.5) is 0 Å². The van der Waals surface area contributed by atoms with Gasteiger partial charge in [-0.25, -0.2) is 0 Å². The molecule has 7 heteroatoms. The summed E-state index contributed by atoms with van der Waals surface area (Å²) in [5, 5.41) is 9.90. The Hall–Kier alpha value is -2.12. The minimum Gasteiger partial charge on any atom is -0.472 e. The van der Waals surface area contributed by atoms with E-state index in [4.69, 9.17) is 4.42 Å². The van der Waals surface area contributed by atoms with E-state index in [9.17, 15) is 0 Å². The average Bonchev–Trinajstić information content (AvgIpc) is 3.32. The Morgan fingerprint density at radius 3 is 2.65 bits per heavy atom. The molecule has 26 heavy (non-hydrogen) atoms. The number of aromatic nitrogens is 4. The molecule has 3 aromatic heterocycles. The number of hydrogen-bond acceptors (Lipinski definition) is 6. The van der Waals surface area contributed by atoms with Gasteiger partial charge in [0.25, 0.3) is 0 Å². The van der Waals surface area contributed by atoms with Gasteiger partial charge in [0.15, 0.2) is 5.16 Å². The van der Waals surface area contributed by atoms with Crippen molar-refractivity contribution in [3.63, 3.8) is 0 Å². The fourth-order valence-corrected chi connectivity index (χ4v) is 4.30. The van der Waals surface area contributed by atoms with Crippen LogP contribution in [0.15, 0.2) is 52.7 Å². The number of rotatable bonds is 6. The van der Waals surface area contributed by atoms with Gasteiger partial charge in [-0.15, -0.1) is 10.2 Å². The average molecular weight is 369 g/mol. The third kappa shape index (κ3) is 3.99. The Morgan fingerprint density at radius 1 is 1.12 bits per heavy atom. The number of nitrogens with zero attached hydrogens (tertiary/aromatic N) is 5. The molecule has 6 nitrogen and oxygen atoms in total. The lowest BCUT2D eigenvalue weighted by molar-refractivity contribution is 0.200. The smallest absolute Gasteiger partial charge is 0.191 e. The van der Waals surface area contributed by atoms with Gasteiger partial charge in [0.05, 0.1) is 12.5 Å². The third-order valence-electron chi connectivity index (χ3n) is 4.92. The zero-order valence-electron chi connectivity index (χ0n) is 14.9. The molecule has 4 rings (SSSR count). The van der Waals surface area contributed by atoms with E-state index in [2.05, 4.69) is 31.7 Å². The van der Waals surface area contributed by atoms with E-state index in [1.165, 1.54) is 11.1 Å². The van der Waals surface area contributed by atoms with Crippen molar-refractivity contribution in [3.05, 3.63) is 60.1 Å². The lowest BCUT2D eigenvalue weighted by atomic mass is 9.96. The summed E-state index contributed by atoms with van der Waals surface area (Å²) in [4.78, 5) is 6.54. The van der Waals surface area contributed by atoms with Crippen molar-refractivity contribution in [1.82, 2.24) is 24.6 Å². The first kappa shape index (κ1) is 17.3. The van der Waals surface area contributed by atoms with Crippen LogP contribution in [0, 0.1) is 0 Å². The minimum atomic E-state index is 0.489. The van der Waals surface area contributed by atoms with Crippen molar-refractivity contribution in [2.24, 2.45) is 7.05 Å². The quantitative estimate of drug-likeness (QED) is 0.620. The lowest BCUT2D eigenvalue weighted by Gasteiger charge is -2.31. The molecule has 0 spiro atoms. The molecular formula is C19H23N5OS. The minimum absolute atomic E-state index is 0.489. The van der Waals surface area contributed by atoms with Gasteiger partial charge in [0, 0.05) is 43.2 Å². The second-order valence-electron chi connectivity index (χ2n) is 6.73. The van der Waals surface area contributed by atoms with Crippen molar-refractivity contribution in [3.8, 4) is 0 Å². The van der Waals surface area contributed by atoms with Crippen molar-refractivity contribution < 1.29 is 4.42 Å². The van der Waals surface area contributed by atoms with E-state index in [0.717, 1.165) is 49.2 Å². The molecule has 136 valence electrons. The summed E-state index contributed by atoms with van der Waals surface area (Å²) in [5.41, 5.74) is 2.50. The summed E-state index contributed by atoms with van der Waals surface area (Å²) >= 11 is 1.73. The molecule has 1 aliphatic heterocycles. The number of thioether (sulfide) groups is 1. The maximum absolute atomic E-state index is 5.17. The predicted molar refractivity (Wildman–Crippen MR) is 101 cm³/mol. The number of pyridine rings is 1. The van der Waals surface area contributed by atoms with E-state index in [1.54, 1.807) is 18.0 Å². The third-order valence-corrected chi connectivity index (χ3v) is 6.02. The SMILES string of the molecule is Cn1c(SCc2ccncc2)nnc1C1CCN(Cc2ccoc2)CC1. The van der Waals surface area contributed by atoms with E-state index < -0.39 is 0 Å². The van der Waals surface area contributed by atoms with Crippen LogP contribution < -0.4 is 0 Å². The first-order chi connectivity index (χ1) is 12.8. The van der Waals surface area contributed by atoms with Crippen LogP contribution in [0.2, 0.25) is 0 Å². The summed E-state index contributed by atoms with van der Waals surface area (Å²) in [6.07, 6.45) is 9.48. The first-order valence-electron chi connectivity index (χ1n) is 8.94. The summed E-state index contributed by atoms with van der Waals surface area (Å²) in [7, 11) is 2.09. The summed E-state index contributed by atoms with van der Waals surface area (Å²) < 4.78 is 7.33. The van der Waals surface area contributed by atoms with Crippen LogP contribution >= 0.6 is 11.8 Å². The highest BCUT2D eigenvalue weighted by Crippen LogP contribution is 2.30. The van der Waals surface area contributed by atoms with Gasteiger partial charge in [-0.3, -0.25) is 9.88 Å². The Morgan fingerprint density at radius 2 is 1.92 bits per heavy atom. The molecule has 0 aliphatic carbocycles. The Bertz CT molecular complexity index is 810. The fourth-order valence-electron chi connectivity index (χ4n) is 3.42. The Labute approximate surface area is 157 Å². The molecule has 4 heterocycles. The van der Waals surface area contributed by atoms with Gasteiger partial charge >= 0.3 is 0 Å². The van der Waals surface area contributed by atoms with Gasteiger partial charge in [-0.2, -0.15) is 0 Å². The molecule has 0 N–H and O–H groups in total. The van der Waals surface area contributed by atoms with E-state index in [-0.39, 0.29) is 0 Å². The molecule has 0 amide bonds. The van der Waals surface area contributed by atoms with Gasteiger partial charge in [-0.05, 0) is 49.7 Å². The monoisotopic (exact) mass is 369 g/mol. The van der Waals surface area contributed by atoms with Gasteiger partial charge in [-0.1, -0.05) is 11.8 Å². The Balaban J connectivity index is 1.33. The molecule has 0 bridgehead atoms. The highest BCUT2D eigenvalue weighted by atomic mass is 32.2. The summed E-state index contributed by atoms with van der Waals surface area (Å²) in [6, 6.07) is 6.13. The van der Waals surface area contributed by atoms with Crippen LogP contribution in [0.25, 0.3) is 0 Å². The largest absolute Gasteiger partial charge is 0.472 e. The second-order valence-corrected chi connectivity index (χ2v) is 7.67. The summed E-state index contributed by atoms with van der Waals surface area (Å²) in [5.74, 6) is 2.49. The number of furan rings is 1. The van der Waals surface area contributed by atoms with Crippen molar-refractivity contribution >= 4 is 11.8 Å². The van der Waals surface area contributed by atoms with Crippen LogP contribution in [-0.2, 0) is 19.3 Å². The Kier molecular flexibility index (Phi) is 5.36. The number of piperidine rings is 1. The fraction of sp³-hybridized carbons (Fsp3) is 0.421. The highest BCUT2D eigenvalue weighted by Gasteiger charge is 2.25. The van der Waals surface area contributed by atoms with Gasteiger partial charge in [0.2, 0.25) is 0 Å². The van der Waals surface area contributed by atoms with Crippen molar-refractivity contribution in [2.45, 2.75) is 36.2 Å². The molecule has 0 atom stereocenters. The van der Waals surface area contributed by atoms with E-state index in [0.29, 0.717) is 5.92 Å². The van der Waals surface area contributed by atoms with Crippen molar-refractivity contribution in [1.29, 1.82) is 0 Å². The highest BCUT2D eigenvalue weighted by molar-refractivity contribution is 7.98. The van der Waals surface area contributed by atoms with Crippen LogP contribution in [0.1, 0.15) is 35.7 Å². The van der Waals surface area contributed by atoms with Gasteiger partial charge < -0.3 is 8.98 Å². The van der Waals surface area contributed by atoms with Crippen LogP contribution in [0.3, 0.4) is 0 Å². The predicted octanol–water partition coefficient (Wildman–Crippen LogP) is 3.48. The van der Waals surface area contributed by atoms with Crippen molar-refractivity contribution in [2.75, 3.05) is 13.1 Å². The normalized spacial score (nSPS) is 16.2. The van der Waals surface area contributed by atoms with Crippen LogP contribution in [0.5, 0.6) is 0 Å². The standard InChI is InChI=1S/C19H23N5OS/c1-23-18(21-22-19(23)26-14-15-2-7-20-8-3-15)17-4-9-24(10-5-17)12-16-6-11-25-13-16/h2-3,6-8,11,13,17H,4-5,9-10,12,14H2,1H3. The molecule has 0 saturated carbocycles. The summed E-state index contributed by atoms with van der Waals surface area (Å²) in [6.45, 7) is 3.14. The second kappa shape index (κ2) is 8.05. The first-order valence-corrected chi connectivity index (χ1v) is 9.92. The number of likely N-dealkylation sites (tertiary alicyclic amines) is 1. The molecule has 0 radical (unpaired) electrons. The molecule has 1 aliphatic rings. The molecule has 1 fully saturated rings. The molecule has 1 saturated heterocycles. The van der Waals surface area contributed by atoms with E-state index in [1.807, 2.05) is 36.9 Å². The van der Waals surface area contributed by atoms with Crippen LogP contribution in [-0.4, -0.2) is 37.7 Å². The lowest BCUT2D eigenvalue weighted by Crippen LogP contribution is -2.33. The maximum Gasteiger partial charge on any atom is 0.191 e. The zero-order valence-corrected chi connectivity index (χ0v) is 15.7. The zero-order chi connectivity index (χ0) is 17.8. The topological polar surface area (TPSA) is 60.0 Å². The molecule has 0 aromatic carbocycles. The maximum atomic E-state index is 5.17.